The van der Waals surface area contributed by atoms with Crippen LogP contribution in [0, 0.1) is 0 Å². The molecule has 3 rings (SSSR count). The minimum Gasteiger partial charge on any atom is -0.480 e. The van der Waals surface area contributed by atoms with Gasteiger partial charge in [-0.1, -0.05) is 41.6 Å². The Kier molecular flexibility index (Phi) is 4.44. The van der Waals surface area contributed by atoms with Crippen molar-refractivity contribution >= 4 is 40.5 Å². The van der Waals surface area contributed by atoms with Gasteiger partial charge < -0.3 is 5.11 Å². The van der Waals surface area contributed by atoms with Crippen LogP contribution in [0.3, 0.4) is 0 Å². The van der Waals surface area contributed by atoms with Crippen LogP contribution in [0.5, 0.6) is 0 Å². The number of thioether (sulfide) groups is 1. The van der Waals surface area contributed by atoms with E-state index in [1.807, 2.05) is 13.0 Å². The van der Waals surface area contributed by atoms with E-state index in [9.17, 15) is 9.90 Å². The topological polar surface area (TPSA) is 93.8 Å². The van der Waals surface area contributed by atoms with Crippen molar-refractivity contribution in [3.63, 3.8) is 0 Å². The zero-order chi connectivity index (χ0) is 16.4. The number of nitrogens with zero attached hydrogens (tertiary/aromatic N) is 5. The van der Waals surface area contributed by atoms with Crippen LogP contribution in [0.15, 0.2) is 35.6 Å². The molecule has 0 spiro atoms. The Hall–Kier alpha value is -2.19. The van der Waals surface area contributed by atoms with Crippen molar-refractivity contribution in [2.45, 2.75) is 23.6 Å². The maximum absolute atomic E-state index is 11.2. The van der Waals surface area contributed by atoms with Gasteiger partial charge in [0.1, 0.15) is 16.6 Å². The molecular formula is C14H12ClN5O2S. The van der Waals surface area contributed by atoms with Crippen molar-refractivity contribution in [3.05, 3.63) is 35.6 Å². The number of rotatable bonds is 5. The monoisotopic (exact) mass is 349 g/mol. The van der Waals surface area contributed by atoms with Crippen molar-refractivity contribution < 1.29 is 9.90 Å². The first-order valence-corrected chi connectivity index (χ1v) is 8.07. The summed E-state index contributed by atoms with van der Waals surface area (Å²) in [5, 5.41) is 17.9. The Bertz CT molecular complexity index is 869. The molecule has 9 heteroatoms. The highest BCUT2D eigenvalue weighted by atomic mass is 35.5. The van der Waals surface area contributed by atoms with Crippen molar-refractivity contribution in [3.8, 4) is 5.69 Å². The summed E-state index contributed by atoms with van der Waals surface area (Å²) >= 11 is 7.15. The first-order valence-electron chi connectivity index (χ1n) is 6.82. The van der Waals surface area contributed by atoms with E-state index in [-0.39, 0.29) is 0 Å². The number of carboxylic acid groups (broad SMARTS) is 1. The first-order chi connectivity index (χ1) is 11.1. The van der Waals surface area contributed by atoms with Gasteiger partial charge in [-0.2, -0.15) is 4.68 Å². The summed E-state index contributed by atoms with van der Waals surface area (Å²) in [7, 11) is 0. The third kappa shape index (κ3) is 3.13. The zero-order valence-corrected chi connectivity index (χ0v) is 13.6. The Balaban J connectivity index is 2.05. The van der Waals surface area contributed by atoms with Gasteiger partial charge in [-0.05, 0) is 24.6 Å². The summed E-state index contributed by atoms with van der Waals surface area (Å²) < 4.78 is 1.55. The first kappa shape index (κ1) is 15.7. The summed E-state index contributed by atoms with van der Waals surface area (Å²) in [6.07, 6.45) is 1.86. The molecule has 0 bridgehead atoms. The quantitative estimate of drug-likeness (QED) is 0.559. The molecule has 0 saturated carbocycles. The number of carboxylic acids is 1. The smallest absolute Gasteiger partial charge is 0.317 e. The third-order valence-corrected chi connectivity index (χ3v) is 4.73. The fraction of sp³-hybridized carbons (Fsp3) is 0.214. The molecule has 0 unspecified atom stereocenters. The van der Waals surface area contributed by atoms with Crippen molar-refractivity contribution in [1.82, 2.24) is 25.0 Å². The van der Waals surface area contributed by atoms with Crippen LogP contribution in [0.1, 0.15) is 13.3 Å². The fourth-order valence-electron chi connectivity index (χ4n) is 2.04. The summed E-state index contributed by atoms with van der Waals surface area (Å²) in [6, 6.07) is 7.15. The minimum absolute atomic E-state index is 0.470. The number of carbonyl (C=O) groups is 1. The molecule has 1 aromatic carbocycles. The molecule has 3 aromatic rings. The van der Waals surface area contributed by atoms with E-state index in [1.54, 1.807) is 22.9 Å². The van der Waals surface area contributed by atoms with Crippen LogP contribution >= 0.6 is 23.4 Å². The Morgan fingerprint density at radius 1 is 1.43 bits per heavy atom. The normalized spacial score (nSPS) is 12.4. The van der Waals surface area contributed by atoms with Crippen LogP contribution in [-0.4, -0.2) is 41.3 Å². The van der Waals surface area contributed by atoms with E-state index in [2.05, 4.69) is 20.3 Å². The van der Waals surface area contributed by atoms with E-state index >= 15 is 0 Å². The maximum Gasteiger partial charge on any atom is 0.317 e. The van der Waals surface area contributed by atoms with Crippen LogP contribution in [0.25, 0.3) is 16.9 Å². The number of aromatic nitrogens is 5. The lowest BCUT2D eigenvalue weighted by Gasteiger charge is -2.08. The van der Waals surface area contributed by atoms with E-state index in [1.165, 1.54) is 6.33 Å². The molecule has 2 heterocycles. The van der Waals surface area contributed by atoms with E-state index in [0.29, 0.717) is 27.6 Å². The van der Waals surface area contributed by atoms with Gasteiger partial charge in [-0.25, -0.2) is 9.97 Å². The molecule has 118 valence electrons. The molecule has 23 heavy (non-hydrogen) atoms. The predicted molar refractivity (Wildman–Crippen MR) is 87.0 cm³/mol. The molecular weight excluding hydrogens is 338 g/mol. The average Bonchev–Trinajstić information content (AvgIpc) is 2.97. The molecule has 0 radical (unpaired) electrons. The van der Waals surface area contributed by atoms with Gasteiger partial charge in [0, 0.05) is 5.02 Å². The zero-order valence-electron chi connectivity index (χ0n) is 12.0. The van der Waals surface area contributed by atoms with Gasteiger partial charge in [-0.3, -0.25) is 4.79 Å². The molecule has 0 aliphatic rings. The third-order valence-electron chi connectivity index (χ3n) is 3.16. The lowest BCUT2D eigenvalue weighted by atomic mass is 10.3. The Morgan fingerprint density at radius 2 is 2.26 bits per heavy atom. The predicted octanol–water partition coefficient (Wildman–Crippen LogP) is 2.82. The van der Waals surface area contributed by atoms with Gasteiger partial charge in [0.25, 0.3) is 0 Å². The van der Waals surface area contributed by atoms with Gasteiger partial charge in [-0.15, -0.1) is 5.10 Å². The summed E-state index contributed by atoms with van der Waals surface area (Å²) in [5.41, 5.74) is 1.70. The van der Waals surface area contributed by atoms with Gasteiger partial charge in [0.05, 0.1) is 5.69 Å². The highest BCUT2D eigenvalue weighted by Crippen LogP contribution is 2.29. The fourth-order valence-corrected chi connectivity index (χ4v) is 3.11. The largest absolute Gasteiger partial charge is 0.480 e. The van der Waals surface area contributed by atoms with E-state index in [4.69, 9.17) is 11.6 Å². The van der Waals surface area contributed by atoms with Crippen LogP contribution in [0.4, 0.5) is 0 Å². The number of fused-ring (bicyclic) bond motifs is 1. The van der Waals surface area contributed by atoms with E-state index < -0.39 is 11.2 Å². The molecule has 7 nitrogen and oxygen atoms in total. The van der Waals surface area contributed by atoms with Crippen LogP contribution in [-0.2, 0) is 4.79 Å². The molecule has 0 saturated heterocycles. The molecule has 0 fully saturated rings. The Labute approximate surface area is 140 Å². The van der Waals surface area contributed by atoms with Crippen LogP contribution in [0.2, 0.25) is 5.02 Å². The number of hydrogen-bond donors (Lipinski definition) is 1. The van der Waals surface area contributed by atoms with Gasteiger partial charge in [0.15, 0.2) is 11.2 Å². The molecule has 0 aliphatic carbocycles. The second-order valence-corrected chi connectivity index (χ2v) is 6.31. The number of hydrogen-bond acceptors (Lipinski definition) is 6. The number of aliphatic carboxylic acids is 1. The standard InChI is InChI=1S/C14H12ClN5O2S/c1-2-10(14(21)22)23-13-11-12(16-7-17-13)20(19-18-11)9-5-3-4-8(15)6-9/h3-7,10H,2H2,1H3,(H,21,22)/t10-/m0/s1. The molecule has 1 N–H and O–H groups in total. The van der Waals surface area contributed by atoms with Crippen molar-refractivity contribution in [2.24, 2.45) is 0 Å². The summed E-state index contributed by atoms with van der Waals surface area (Å²) in [4.78, 5) is 19.6. The van der Waals surface area contributed by atoms with E-state index in [0.717, 1.165) is 17.4 Å². The minimum atomic E-state index is -0.883. The second-order valence-electron chi connectivity index (χ2n) is 4.69. The lowest BCUT2D eigenvalue weighted by Crippen LogP contribution is -2.15. The summed E-state index contributed by atoms with van der Waals surface area (Å²) in [6.45, 7) is 1.81. The number of halogens is 1. The SMILES string of the molecule is CC[C@H](Sc1ncnc2c1nnn2-c1cccc(Cl)c1)C(=O)O. The van der Waals surface area contributed by atoms with Crippen molar-refractivity contribution in [2.75, 3.05) is 0 Å². The highest BCUT2D eigenvalue weighted by molar-refractivity contribution is 8.00. The lowest BCUT2D eigenvalue weighted by molar-refractivity contribution is -0.136. The maximum atomic E-state index is 11.2. The van der Waals surface area contributed by atoms with Crippen LogP contribution < -0.4 is 0 Å². The number of benzene rings is 1. The molecule has 1 atom stereocenters. The van der Waals surface area contributed by atoms with Gasteiger partial charge >= 0.3 is 5.97 Å². The molecule has 0 amide bonds. The average molecular weight is 350 g/mol. The second kappa shape index (κ2) is 6.51. The molecule has 0 aliphatic heterocycles. The van der Waals surface area contributed by atoms with Crippen molar-refractivity contribution in [1.29, 1.82) is 0 Å². The molecule has 2 aromatic heterocycles. The Morgan fingerprint density at radius 3 is 2.96 bits per heavy atom. The van der Waals surface area contributed by atoms with Gasteiger partial charge in [0.2, 0.25) is 0 Å². The summed E-state index contributed by atoms with van der Waals surface area (Å²) in [5.74, 6) is -0.883. The highest BCUT2D eigenvalue weighted by Gasteiger charge is 2.21.